The first kappa shape index (κ1) is 20.5. The number of hydrogen-bond acceptors (Lipinski definition) is 6. The molecule has 0 bridgehead atoms. The van der Waals surface area contributed by atoms with Crippen LogP contribution in [0, 0.1) is 5.92 Å². The van der Waals surface area contributed by atoms with Crippen LogP contribution in [0.15, 0.2) is 24.3 Å². The van der Waals surface area contributed by atoms with E-state index in [0.717, 1.165) is 48.6 Å². The molecule has 1 amide bonds. The van der Waals surface area contributed by atoms with Crippen LogP contribution >= 0.6 is 0 Å². The molecular weight excluding hydrogens is 416 g/mol. The van der Waals surface area contributed by atoms with Crippen molar-refractivity contribution in [1.29, 1.82) is 0 Å². The maximum absolute atomic E-state index is 13.2. The predicted octanol–water partition coefficient (Wildman–Crippen LogP) is 2.60. The number of carbonyl (C=O) groups excluding carboxylic acids is 1. The molecular formula is C22H28N4O4S. The number of methoxy groups -OCH3 is 1. The van der Waals surface area contributed by atoms with Gasteiger partial charge < -0.3 is 14.2 Å². The molecule has 5 rings (SSSR count). The topological polar surface area (TPSA) is 94.4 Å². The van der Waals surface area contributed by atoms with Crippen LogP contribution in [0.2, 0.25) is 0 Å². The van der Waals surface area contributed by atoms with Gasteiger partial charge in [-0.15, -0.1) is 10.2 Å². The van der Waals surface area contributed by atoms with E-state index < -0.39 is 9.84 Å². The van der Waals surface area contributed by atoms with Crippen LogP contribution in [0.4, 0.5) is 0 Å². The largest absolute Gasteiger partial charge is 0.497 e. The Kier molecular flexibility index (Phi) is 5.24. The Morgan fingerprint density at radius 3 is 2.52 bits per heavy atom. The molecule has 0 N–H and O–H groups in total. The lowest BCUT2D eigenvalue weighted by atomic mass is 9.86. The highest BCUT2D eigenvalue weighted by atomic mass is 32.2. The van der Waals surface area contributed by atoms with Gasteiger partial charge in [0.15, 0.2) is 21.5 Å². The molecule has 31 heavy (non-hydrogen) atoms. The lowest BCUT2D eigenvalue weighted by molar-refractivity contribution is -0.138. The van der Waals surface area contributed by atoms with Crippen LogP contribution in [-0.4, -0.2) is 58.6 Å². The van der Waals surface area contributed by atoms with E-state index >= 15 is 0 Å². The third kappa shape index (κ3) is 3.84. The Labute approximate surface area is 182 Å². The highest BCUT2D eigenvalue weighted by Crippen LogP contribution is 2.40. The number of carbonyl (C=O) groups is 1. The van der Waals surface area contributed by atoms with Crippen molar-refractivity contribution >= 4 is 15.7 Å². The van der Waals surface area contributed by atoms with Gasteiger partial charge in [0, 0.05) is 12.0 Å². The van der Waals surface area contributed by atoms with E-state index in [4.69, 9.17) is 4.74 Å². The fourth-order valence-electron chi connectivity index (χ4n) is 5.41. The summed E-state index contributed by atoms with van der Waals surface area (Å²) in [4.78, 5) is 15.2. The average molecular weight is 445 g/mol. The summed E-state index contributed by atoms with van der Waals surface area (Å²) in [6.07, 6.45) is 5.05. The van der Waals surface area contributed by atoms with E-state index in [9.17, 15) is 13.2 Å². The molecule has 8 nitrogen and oxygen atoms in total. The van der Waals surface area contributed by atoms with Crippen LogP contribution in [0.1, 0.15) is 50.4 Å². The normalized spacial score (nSPS) is 26.9. The van der Waals surface area contributed by atoms with Gasteiger partial charge in [0.05, 0.1) is 37.2 Å². The Morgan fingerprint density at radius 1 is 1.10 bits per heavy atom. The van der Waals surface area contributed by atoms with Gasteiger partial charge in [0.25, 0.3) is 0 Å². The van der Waals surface area contributed by atoms with Crippen molar-refractivity contribution in [3.8, 4) is 17.1 Å². The third-order valence-corrected chi connectivity index (χ3v) is 8.80. The summed E-state index contributed by atoms with van der Waals surface area (Å²) in [6, 6.07) is 8.09. The number of aromatic nitrogens is 3. The maximum Gasteiger partial charge on any atom is 0.223 e. The van der Waals surface area contributed by atoms with Crippen LogP contribution in [0.25, 0.3) is 11.4 Å². The number of nitrogens with zero attached hydrogens (tertiary/aromatic N) is 4. The predicted molar refractivity (Wildman–Crippen MR) is 115 cm³/mol. The van der Waals surface area contributed by atoms with Crippen molar-refractivity contribution in [2.75, 3.05) is 18.6 Å². The standard InChI is InChI=1S/C22H28N4O4S/c1-30-17-8-6-16(7-9-17)22-24-23-20-13-25(18-4-2-3-5-19(18)26(20)22)21(27)12-15-10-11-31(28,29)14-15/h6-9,15,18-19H,2-5,10-14H2,1H3/t15-,18+,19-/m1/s1. The Hall–Kier alpha value is -2.42. The molecule has 1 saturated heterocycles. The molecule has 0 spiro atoms. The first-order valence-electron chi connectivity index (χ1n) is 11.0. The number of sulfone groups is 1. The van der Waals surface area contributed by atoms with Crippen molar-refractivity contribution in [3.63, 3.8) is 0 Å². The Morgan fingerprint density at radius 2 is 1.84 bits per heavy atom. The number of ether oxygens (including phenoxy) is 1. The first-order chi connectivity index (χ1) is 14.9. The minimum Gasteiger partial charge on any atom is -0.497 e. The highest BCUT2D eigenvalue weighted by Gasteiger charge is 2.42. The van der Waals surface area contributed by atoms with Crippen LogP contribution < -0.4 is 4.74 Å². The van der Waals surface area contributed by atoms with Crippen molar-refractivity contribution in [3.05, 3.63) is 30.1 Å². The smallest absolute Gasteiger partial charge is 0.223 e. The van der Waals surface area contributed by atoms with E-state index in [0.29, 0.717) is 19.4 Å². The zero-order chi connectivity index (χ0) is 21.6. The lowest BCUT2D eigenvalue weighted by Crippen LogP contribution is -2.51. The minimum atomic E-state index is -2.98. The van der Waals surface area contributed by atoms with E-state index in [1.165, 1.54) is 0 Å². The first-order valence-corrected chi connectivity index (χ1v) is 12.9. The molecule has 1 saturated carbocycles. The fraction of sp³-hybridized carbons (Fsp3) is 0.591. The quantitative estimate of drug-likeness (QED) is 0.720. The third-order valence-electron chi connectivity index (χ3n) is 6.96. The summed E-state index contributed by atoms with van der Waals surface area (Å²) in [5.74, 6) is 2.77. The summed E-state index contributed by atoms with van der Waals surface area (Å²) in [5, 5.41) is 8.93. The van der Waals surface area contributed by atoms with Crippen LogP contribution in [-0.2, 0) is 21.2 Å². The number of hydrogen-bond donors (Lipinski definition) is 0. The molecule has 1 aromatic heterocycles. The van der Waals surface area contributed by atoms with E-state index in [1.807, 2.05) is 29.2 Å². The molecule has 9 heteroatoms. The summed E-state index contributed by atoms with van der Waals surface area (Å²) in [7, 11) is -1.34. The fourth-order valence-corrected chi connectivity index (χ4v) is 7.28. The van der Waals surface area contributed by atoms with Crippen molar-refractivity contribution in [1.82, 2.24) is 19.7 Å². The molecule has 2 aliphatic heterocycles. The van der Waals surface area contributed by atoms with E-state index in [2.05, 4.69) is 14.8 Å². The number of benzene rings is 1. The summed E-state index contributed by atoms with van der Waals surface area (Å²) >= 11 is 0. The van der Waals surface area contributed by atoms with Gasteiger partial charge in [-0.1, -0.05) is 12.8 Å². The van der Waals surface area contributed by atoms with Crippen LogP contribution in [0.3, 0.4) is 0 Å². The van der Waals surface area contributed by atoms with Gasteiger partial charge >= 0.3 is 0 Å². The van der Waals surface area contributed by atoms with Crippen molar-refractivity contribution in [2.45, 2.75) is 57.2 Å². The molecule has 0 radical (unpaired) electrons. The Balaban J connectivity index is 1.42. The molecule has 1 aliphatic carbocycles. The van der Waals surface area contributed by atoms with E-state index in [1.54, 1.807) is 7.11 Å². The minimum absolute atomic E-state index is 0.0549. The molecule has 166 valence electrons. The molecule has 0 unspecified atom stereocenters. The molecule has 2 fully saturated rings. The summed E-state index contributed by atoms with van der Waals surface area (Å²) in [6.45, 7) is 0.433. The highest BCUT2D eigenvalue weighted by molar-refractivity contribution is 7.91. The second-order valence-electron chi connectivity index (χ2n) is 8.95. The molecule has 3 heterocycles. The second kappa shape index (κ2) is 7.93. The van der Waals surface area contributed by atoms with Crippen molar-refractivity contribution in [2.24, 2.45) is 5.92 Å². The zero-order valence-corrected chi connectivity index (χ0v) is 18.6. The monoisotopic (exact) mass is 444 g/mol. The molecule has 3 atom stereocenters. The zero-order valence-electron chi connectivity index (χ0n) is 17.7. The average Bonchev–Trinajstić information content (AvgIpc) is 3.36. The molecule has 3 aliphatic rings. The Bertz CT molecular complexity index is 1080. The van der Waals surface area contributed by atoms with Gasteiger partial charge in [-0.3, -0.25) is 4.79 Å². The molecule has 1 aromatic carbocycles. The van der Waals surface area contributed by atoms with Gasteiger partial charge in [-0.05, 0) is 49.4 Å². The summed E-state index contributed by atoms with van der Waals surface area (Å²) in [5.41, 5.74) is 0.986. The van der Waals surface area contributed by atoms with Crippen molar-refractivity contribution < 1.29 is 17.9 Å². The summed E-state index contributed by atoms with van der Waals surface area (Å²) < 4.78 is 31.1. The lowest BCUT2D eigenvalue weighted by Gasteiger charge is -2.45. The maximum atomic E-state index is 13.2. The SMILES string of the molecule is COc1ccc(-c2nnc3n2[C@@H]2CCCC[C@@H]2N(C(=O)C[C@H]2CCS(=O)(=O)C2)C3)cc1. The van der Waals surface area contributed by atoms with E-state index in [-0.39, 0.29) is 35.4 Å². The second-order valence-corrected chi connectivity index (χ2v) is 11.2. The molecule has 2 aromatic rings. The van der Waals surface area contributed by atoms with Gasteiger partial charge in [-0.2, -0.15) is 0 Å². The number of rotatable bonds is 4. The number of fused-ring (bicyclic) bond motifs is 3. The van der Waals surface area contributed by atoms with Crippen LogP contribution in [0.5, 0.6) is 5.75 Å². The van der Waals surface area contributed by atoms with Gasteiger partial charge in [0.2, 0.25) is 5.91 Å². The van der Waals surface area contributed by atoms with Gasteiger partial charge in [-0.25, -0.2) is 8.42 Å². The van der Waals surface area contributed by atoms with Gasteiger partial charge in [0.1, 0.15) is 5.75 Å². The number of amides is 1.